The number of nitrogens with zero attached hydrogens (tertiary/aromatic N) is 2. The van der Waals surface area contributed by atoms with Gasteiger partial charge >= 0.3 is 0 Å². The maximum Gasteiger partial charge on any atom is 0.139 e. The molecule has 0 fully saturated rings. The normalized spacial score (nSPS) is 12.2. The van der Waals surface area contributed by atoms with Crippen LogP contribution in [-0.2, 0) is 11.5 Å². The van der Waals surface area contributed by atoms with E-state index in [-0.39, 0.29) is 0 Å². The molecule has 0 aliphatic heterocycles. The Morgan fingerprint density at radius 1 is 1.21 bits per heavy atom. The van der Waals surface area contributed by atoms with Gasteiger partial charge in [0.2, 0.25) is 0 Å². The van der Waals surface area contributed by atoms with Crippen molar-refractivity contribution in [1.82, 2.24) is 9.78 Å². The van der Waals surface area contributed by atoms with Crippen LogP contribution in [0.2, 0.25) is 30.7 Å². The molecule has 1 heterocycles. The number of hydrogen-bond donors (Lipinski definition) is 0. The lowest BCUT2D eigenvalue weighted by Crippen LogP contribution is -2.22. The number of hydrogen-bond acceptors (Lipinski definition) is 2. The summed E-state index contributed by atoms with van der Waals surface area (Å²) in [5.74, 6) is 0.394. The summed E-state index contributed by atoms with van der Waals surface area (Å²) in [6.07, 6.45) is 0. The number of rotatable bonds is 7. The van der Waals surface area contributed by atoms with Crippen molar-refractivity contribution in [2.75, 3.05) is 6.61 Å². The van der Waals surface area contributed by atoms with Crippen molar-refractivity contribution < 1.29 is 4.74 Å². The van der Waals surface area contributed by atoms with E-state index in [0.717, 1.165) is 22.9 Å². The van der Waals surface area contributed by atoms with Crippen molar-refractivity contribution in [2.45, 2.75) is 52.2 Å². The van der Waals surface area contributed by atoms with E-state index in [0.29, 0.717) is 12.6 Å². The van der Waals surface area contributed by atoms with Gasteiger partial charge in [0.1, 0.15) is 12.4 Å². The van der Waals surface area contributed by atoms with Gasteiger partial charge in [-0.3, -0.25) is 0 Å². The smallest absolute Gasteiger partial charge is 0.139 e. The molecule has 0 bridgehead atoms. The Kier molecular flexibility index (Phi) is 6.93. The standard InChI is InChI=1S/C18H26ClIN2OSi/c1-13(2)18-16(20)17(14-6-8-15(19)9-7-14)21-22(18)12-23-10-11-24(3,4)5/h6-9,13H,10-12H2,1-5H3. The van der Waals surface area contributed by atoms with Gasteiger partial charge in [-0.1, -0.05) is 57.2 Å². The fraction of sp³-hybridized carbons (Fsp3) is 0.500. The van der Waals surface area contributed by atoms with Crippen molar-refractivity contribution >= 4 is 42.3 Å². The molecule has 24 heavy (non-hydrogen) atoms. The van der Waals surface area contributed by atoms with Crippen molar-refractivity contribution in [3.63, 3.8) is 0 Å². The molecule has 0 aliphatic rings. The van der Waals surface area contributed by atoms with E-state index in [1.807, 2.05) is 28.9 Å². The Bertz CT molecular complexity index is 678. The van der Waals surface area contributed by atoms with Crippen LogP contribution in [-0.4, -0.2) is 24.5 Å². The van der Waals surface area contributed by atoms with Gasteiger partial charge in [-0.25, -0.2) is 4.68 Å². The van der Waals surface area contributed by atoms with Crippen LogP contribution in [0.1, 0.15) is 25.5 Å². The summed E-state index contributed by atoms with van der Waals surface area (Å²) in [6.45, 7) is 12.8. The van der Waals surface area contributed by atoms with E-state index in [9.17, 15) is 0 Å². The minimum Gasteiger partial charge on any atom is -0.360 e. The van der Waals surface area contributed by atoms with Crippen molar-refractivity contribution in [3.05, 3.63) is 38.6 Å². The lowest BCUT2D eigenvalue weighted by molar-refractivity contribution is 0.0760. The zero-order valence-electron chi connectivity index (χ0n) is 15.1. The van der Waals surface area contributed by atoms with Gasteiger partial charge in [0.15, 0.2) is 0 Å². The van der Waals surface area contributed by atoms with E-state index in [2.05, 4.69) is 56.1 Å². The van der Waals surface area contributed by atoms with E-state index in [4.69, 9.17) is 21.4 Å². The van der Waals surface area contributed by atoms with Crippen molar-refractivity contribution in [3.8, 4) is 11.3 Å². The molecular weight excluding hydrogens is 451 g/mol. The first kappa shape index (κ1) is 19.9. The van der Waals surface area contributed by atoms with E-state index in [1.165, 1.54) is 15.3 Å². The van der Waals surface area contributed by atoms with Gasteiger partial charge in [0.05, 0.1) is 9.26 Å². The highest BCUT2D eigenvalue weighted by atomic mass is 127. The predicted octanol–water partition coefficient (Wildman–Crippen LogP) is 6.24. The van der Waals surface area contributed by atoms with E-state index >= 15 is 0 Å². The third kappa shape index (κ3) is 5.31. The Morgan fingerprint density at radius 3 is 2.38 bits per heavy atom. The highest BCUT2D eigenvalue weighted by Crippen LogP contribution is 2.31. The van der Waals surface area contributed by atoms with Crippen LogP contribution >= 0.6 is 34.2 Å². The second-order valence-corrected chi connectivity index (χ2v) is 14.7. The summed E-state index contributed by atoms with van der Waals surface area (Å²) in [5.41, 5.74) is 3.32. The molecule has 0 aliphatic carbocycles. The molecule has 3 nitrogen and oxygen atoms in total. The molecule has 0 saturated heterocycles. The molecule has 1 aromatic heterocycles. The Labute approximate surface area is 164 Å². The highest BCUT2D eigenvalue weighted by Gasteiger charge is 2.20. The predicted molar refractivity (Wildman–Crippen MR) is 114 cm³/mol. The summed E-state index contributed by atoms with van der Waals surface area (Å²) in [4.78, 5) is 0. The fourth-order valence-corrected chi connectivity index (χ4v) is 4.63. The largest absolute Gasteiger partial charge is 0.360 e. The Hall–Kier alpha value is -0.373. The molecular formula is C18H26ClIN2OSi. The summed E-state index contributed by atoms with van der Waals surface area (Å²) in [6, 6.07) is 9.03. The summed E-state index contributed by atoms with van der Waals surface area (Å²) < 4.78 is 9.13. The zero-order valence-corrected chi connectivity index (χ0v) is 19.0. The topological polar surface area (TPSA) is 27.1 Å². The molecule has 2 aromatic rings. The van der Waals surface area contributed by atoms with Crippen LogP contribution in [0.15, 0.2) is 24.3 Å². The highest BCUT2D eigenvalue weighted by molar-refractivity contribution is 14.1. The summed E-state index contributed by atoms with van der Waals surface area (Å²) in [7, 11) is -1.06. The quantitative estimate of drug-likeness (QED) is 0.268. The average Bonchev–Trinajstić information content (AvgIpc) is 2.80. The second-order valence-electron chi connectivity index (χ2n) is 7.56. The molecule has 0 atom stereocenters. The van der Waals surface area contributed by atoms with Crippen LogP contribution in [0.4, 0.5) is 0 Å². The van der Waals surface area contributed by atoms with Gasteiger partial charge < -0.3 is 4.74 Å². The monoisotopic (exact) mass is 476 g/mol. The lowest BCUT2D eigenvalue weighted by Gasteiger charge is -2.16. The fourth-order valence-electron chi connectivity index (χ4n) is 2.42. The number of halogens is 2. The molecule has 0 saturated carbocycles. The van der Waals surface area contributed by atoms with E-state index < -0.39 is 8.07 Å². The number of benzene rings is 1. The SMILES string of the molecule is CC(C)c1c(I)c(-c2ccc(Cl)cc2)nn1COCC[Si](C)(C)C. The molecule has 6 heteroatoms. The summed E-state index contributed by atoms with van der Waals surface area (Å²) in [5, 5.41) is 5.56. The second kappa shape index (κ2) is 8.34. The minimum atomic E-state index is -1.06. The molecule has 0 unspecified atom stereocenters. The molecule has 132 valence electrons. The first-order chi connectivity index (χ1) is 11.2. The maximum absolute atomic E-state index is 6.00. The van der Waals surface area contributed by atoms with Gasteiger partial charge in [-0.15, -0.1) is 0 Å². The number of aromatic nitrogens is 2. The van der Waals surface area contributed by atoms with Crippen molar-refractivity contribution in [2.24, 2.45) is 0 Å². The van der Waals surface area contributed by atoms with Gasteiger partial charge in [0.25, 0.3) is 0 Å². The first-order valence-corrected chi connectivity index (χ1v) is 13.5. The van der Waals surface area contributed by atoms with Crippen LogP contribution in [0.25, 0.3) is 11.3 Å². The Balaban J connectivity index is 2.21. The Morgan fingerprint density at radius 2 is 1.83 bits per heavy atom. The van der Waals surface area contributed by atoms with Crippen LogP contribution in [0.3, 0.4) is 0 Å². The van der Waals surface area contributed by atoms with Gasteiger partial charge in [-0.05, 0) is 46.7 Å². The summed E-state index contributed by atoms with van der Waals surface area (Å²) >= 11 is 8.40. The van der Waals surface area contributed by atoms with Gasteiger partial charge in [0, 0.05) is 25.3 Å². The molecule has 0 radical (unpaired) electrons. The molecule has 2 rings (SSSR count). The van der Waals surface area contributed by atoms with Crippen molar-refractivity contribution in [1.29, 1.82) is 0 Å². The third-order valence-corrected chi connectivity index (χ3v) is 6.83. The van der Waals surface area contributed by atoms with Crippen LogP contribution < -0.4 is 0 Å². The van der Waals surface area contributed by atoms with Crippen LogP contribution in [0.5, 0.6) is 0 Å². The minimum absolute atomic E-state index is 0.394. The number of ether oxygens (including phenoxy) is 1. The zero-order chi connectivity index (χ0) is 17.9. The molecule has 0 amide bonds. The average molecular weight is 477 g/mol. The third-order valence-electron chi connectivity index (χ3n) is 3.81. The van der Waals surface area contributed by atoms with E-state index in [1.54, 1.807) is 0 Å². The van der Waals surface area contributed by atoms with Crippen LogP contribution in [0, 0.1) is 3.57 Å². The first-order valence-electron chi connectivity index (χ1n) is 8.29. The molecule has 0 N–H and O–H groups in total. The lowest BCUT2D eigenvalue weighted by atomic mass is 10.1. The molecule has 0 spiro atoms. The van der Waals surface area contributed by atoms with Gasteiger partial charge in [-0.2, -0.15) is 5.10 Å². The molecule has 1 aromatic carbocycles. The maximum atomic E-state index is 6.00.